The number of anilines is 2. The topological polar surface area (TPSA) is 106 Å². The Hall–Kier alpha value is -3.61. The number of nitrogens with zero attached hydrogens (tertiary/aromatic N) is 2. The van der Waals surface area contributed by atoms with E-state index >= 15 is 0 Å². The van der Waals surface area contributed by atoms with Gasteiger partial charge in [0, 0.05) is 11.6 Å². The molecule has 0 radical (unpaired) electrons. The fourth-order valence-corrected chi connectivity index (χ4v) is 3.85. The molecule has 0 bridgehead atoms. The number of rotatable bonds is 7. The van der Waals surface area contributed by atoms with E-state index in [2.05, 4.69) is 39.6 Å². The largest absolute Gasteiger partial charge is 0.493 e. The van der Waals surface area contributed by atoms with Gasteiger partial charge in [-0.3, -0.25) is 5.41 Å². The lowest BCUT2D eigenvalue weighted by atomic mass is 10.0. The molecule has 3 aromatic rings. The Labute approximate surface area is 175 Å². The van der Waals surface area contributed by atoms with Crippen LogP contribution in [0.1, 0.15) is 29.2 Å². The van der Waals surface area contributed by atoms with Crippen LogP contribution in [0.3, 0.4) is 0 Å². The molecule has 0 atom stereocenters. The number of nitrogens with one attached hydrogen (secondary N) is 2. The summed E-state index contributed by atoms with van der Waals surface area (Å²) in [6, 6.07) is 14.0. The highest BCUT2D eigenvalue weighted by atomic mass is 16.5. The van der Waals surface area contributed by atoms with Crippen molar-refractivity contribution < 1.29 is 9.47 Å². The van der Waals surface area contributed by atoms with Crippen LogP contribution in [0.25, 0.3) is 0 Å². The Bertz CT molecular complexity index is 1060. The smallest absolute Gasteiger partial charge is 0.161 e. The zero-order valence-corrected chi connectivity index (χ0v) is 17.1. The lowest BCUT2D eigenvalue weighted by Crippen LogP contribution is -2.23. The first-order valence-electron chi connectivity index (χ1n) is 9.94. The first-order chi connectivity index (χ1) is 14.6. The summed E-state index contributed by atoms with van der Waals surface area (Å²) in [5.41, 5.74) is 10.2. The van der Waals surface area contributed by atoms with E-state index in [1.165, 1.54) is 17.5 Å². The number of hydrogen-bond donors (Lipinski definition) is 3. The molecule has 4 rings (SSSR count). The van der Waals surface area contributed by atoms with Crippen LogP contribution in [-0.4, -0.2) is 35.4 Å². The molecule has 0 saturated heterocycles. The second-order valence-corrected chi connectivity index (χ2v) is 7.17. The van der Waals surface area contributed by atoms with Gasteiger partial charge in [-0.15, -0.1) is 0 Å². The molecule has 7 heteroatoms. The lowest BCUT2D eigenvalue weighted by molar-refractivity contribution is 0.311. The first-order valence-corrected chi connectivity index (χ1v) is 9.94. The molecule has 7 nitrogen and oxygen atoms in total. The van der Waals surface area contributed by atoms with Crippen LogP contribution in [0.2, 0.25) is 0 Å². The van der Waals surface area contributed by atoms with E-state index < -0.39 is 0 Å². The Morgan fingerprint density at radius 1 is 1.13 bits per heavy atom. The van der Waals surface area contributed by atoms with Crippen molar-refractivity contribution >= 4 is 17.3 Å². The quantitative estimate of drug-likeness (QED) is 0.522. The highest BCUT2D eigenvalue weighted by molar-refractivity contribution is 6.16. The number of nitrogens with two attached hydrogens (primary N) is 1. The normalized spacial score (nSPS) is 13.0. The molecule has 0 fully saturated rings. The van der Waals surface area contributed by atoms with Crippen molar-refractivity contribution in [3.8, 4) is 11.5 Å². The van der Waals surface area contributed by atoms with Gasteiger partial charge in [0.1, 0.15) is 18.0 Å². The molecule has 0 amide bonds. The molecule has 4 N–H and O–H groups in total. The minimum Gasteiger partial charge on any atom is -0.493 e. The summed E-state index contributed by atoms with van der Waals surface area (Å²) in [6.45, 7) is 2.45. The molecule has 0 unspecified atom stereocenters. The Morgan fingerprint density at radius 2 is 1.87 bits per heavy atom. The minimum absolute atomic E-state index is 0.193. The summed E-state index contributed by atoms with van der Waals surface area (Å²) in [5, 5.41) is 12.3. The predicted molar refractivity (Wildman–Crippen MR) is 118 cm³/mol. The molecule has 2 aromatic carbocycles. The fourth-order valence-electron chi connectivity index (χ4n) is 3.85. The third-order valence-electron chi connectivity index (χ3n) is 5.27. The van der Waals surface area contributed by atoms with E-state index in [0.29, 0.717) is 35.1 Å². The average molecular weight is 403 g/mol. The maximum Gasteiger partial charge on any atom is 0.161 e. The van der Waals surface area contributed by atoms with E-state index in [1.807, 2.05) is 13.0 Å². The molecular weight excluding hydrogens is 378 g/mol. The van der Waals surface area contributed by atoms with Gasteiger partial charge in [0.15, 0.2) is 11.5 Å². The summed E-state index contributed by atoms with van der Waals surface area (Å²) in [4.78, 5) is 8.52. The van der Waals surface area contributed by atoms with Gasteiger partial charge in [0.05, 0.1) is 25.0 Å². The SMILES string of the molecule is CCOc1ccc(C(=N)c2c(N)ncnc2NC2Cc3ccccc3C2)cc1OC. The molecule has 0 aliphatic heterocycles. The van der Waals surface area contributed by atoms with E-state index in [1.54, 1.807) is 19.2 Å². The molecule has 0 spiro atoms. The molecule has 154 valence electrons. The summed E-state index contributed by atoms with van der Waals surface area (Å²) >= 11 is 0. The predicted octanol–water partition coefficient (Wildman–Crippen LogP) is 3.46. The van der Waals surface area contributed by atoms with Crippen molar-refractivity contribution in [1.82, 2.24) is 9.97 Å². The number of fused-ring (bicyclic) bond motifs is 1. The van der Waals surface area contributed by atoms with Crippen molar-refractivity contribution in [2.45, 2.75) is 25.8 Å². The molecule has 1 aliphatic rings. The highest BCUT2D eigenvalue weighted by Crippen LogP contribution is 2.31. The van der Waals surface area contributed by atoms with Gasteiger partial charge in [0.25, 0.3) is 0 Å². The van der Waals surface area contributed by atoms with Crippen LogP contribution in [0, 0.1) is 5.41 Å². The number of ether oxygens (including phenoxy) is 2. The summed E-state index contributed by atoms with van der Waals surface area (Å²) in [7, 11) is 1.58. The zero-order valence-electron chi connectivity index (χ0n) is 17.1. The number of aromatic nitrogens is 2. The van der Waals surface area contributed by atoms with Crippen molar-refractivity contribution in [2.75, 3.05) is 24.8 Å². The van der Waals surface area contributed by atoms with Crippen LogP contribution in [0.15, 0.2) is 48.8 Å². The molecule has 1 heterocycles. The molecule has 30 heavy (non-hydrogen) atoms. The summed E-state index contributed by atoms with van der Waals surface area (Å²) < 4.78 is 11.0. The van der Waals surface area contributed by atoms with Crippen LogP contribution >= 0.6 is 0 Å². The van der Waals surface area contributed by atoms with Gasteiger partial charge in [0.2, 0.25) is 0 Å². The standard InChI is InChI=1S/C23H25N5O2/c1-3-30-18-9-8-16(12-19(18)29-2)21(24)20-22(25)26-13-27-23(20)28-17-10-14-6-4-5-7-15(14)11-17/h4-9,12-13,17,24H,3,10-11H2,1-2H3,(H3,25,26,27,28). The van der Waals surface area contributed by atoms with Crippen LogP contribution < -0.4 is 20.5 Å². The second kappa shape index (κ2) is 8.41. The maximum absolute atomic E-state index is 8.80. The van der Waals surface area contributed by atoms with Gasteiger partial charge < -0.3 is 20.5 Å². The van der Waals surface area contributed by atoms with E-state index in [4.69, 9.17) is 20.6 Å². The first kappa shape index (κ1) is 19.7. The number of nitrogen functional groups attached to an aromatic ring is 1. The highest BCUT2D eigenvalue weighted by Gasteiger charge is 2.24. The number of hydrogen-bond acceptors (Lipinski definition) is 7. The molecular formula is C23H25N5O2. The van der Waals surface area contributed by atoms with Gasteiger partial charge >= 0.3 is 0 Å². The van der Waals surface area contributed by atoms with Crippen molar-refractivity contribution in [1.29, 1.82) is 5.41 Å². The second-order valence-electron chi connectivity index (χ2n) is 7.17. The Kier molecular flexibility index (Phi) is 5.52. The van der Waals surface area contributed by atoms with Gasteiger partial charge in [-0.25, -0.2) is 9.97 Å². The number of benzene rings is 2. The van der Waals surface area contributed by atoms with Crippen LogP contribution in [0.5, 0.6) is 11.5 Å². The lowest BCUT2D eigenvalue weighted by Gasteiger charge is -2.18. The molecule has 1 aliphatic carbocycles. The van der Waals surface area contributed by atoms with Crippen molar-refractivity contribution in [3.63, 3.8) is 0 Å². The Balaban J connectivity index is 1.63. The summed E-state index contributed by atoms with van der Waals surface area (Å²) in [6.07, 6.45) is 3.24. The van der Waals surface area contributed by atoms with Gasteiger partial charge in [-0.2, -0.15) is 0 Å². The van der Waals surface area contributed by atoms with E-state index in [9.17, 15) is 0 Å². The maximum atomic E-state index is 8.80. The minimum atomic E-state index is 0.193. The van der Waals surface area contributed by atoms with Crippen molar-refractivity contribution in [2.24, 2.45) is 0 Å². The molecule has 0 saturated carbocycles. The van der Waals surface area contributed by atoms with E-state index in [0.717, 1.165) is 12.8 Å². The van der Waals surface area contributed by atoms with Crippen LogP contribution in [0.4, 0.5) is 11.6 Å². The van der Waals surface area contributed by atoms with E-state index in [-0.39, 0.29) is 17.6 Å². The van der Waals surface area contributed by atoms with Crippen molar-refractivity contribution in [3.05, 3.63) is 71.0 Å². The number of methoxy groups -OCH3 is 1. The fraction of sp³-hybridized carbons (Fsp3) is 0.261. The third kappa shape index (κ3) is 3.78. The zero-order chi connectivity index (χ0) is 21.1. The monoisotopic (exact) mass is 403 g/mol. The summed E-state index contributed by atoms with van der Waals surface area (Å²) in [5.74, 6) is 2.03. The van der Waals surface area contributed by atoms with Crippen LogP contribution in [-0.2, 0) is 12.8 Å². The van der Waals surface area contributed by atoms with Gasteiger partial charge in [-0.1, -0.05) is 24.3 Å². The average Bonchev–Trinajstić information content (AvgIpc) is 3.16. The van der Waals surface area contributed by atoms with Gasteiger partial charge in [-0.05, 0) is 49.1 Å². The molecule has 1 aromatic heterocycles. The third-order valence-corrected chi connectivity index (χ3v) is 5.27. The Morgan fingerprint density at radius 3 is 2.53 bits per heavy atom.